The number of unbranched alkanes of at least 4 members (excludes halogenated alkanes) is 11. The summed E-state index contributed by atoms with van der Waals surface area (Å²) in [5.41, 5.74) is 0. The number of rotatable bonds is 39. The lowest BCUT2D eigenvalue weighted by Crippen LogP contribution is -2.66. The summed E-state index contributed by atoms with van der Waals surface area (Å²) in [6, 6.07) is -0.979. The van der Waals surface area contributed by atoms with Gasteiger partial charge in [-0.05, 0) is 70.6 Å². The first-order valence-corrected chi connectivity index (χ1v) is 28.3. The first kappa shape index (κ1) is 68.2. The van der Waals surface area contributed by atoms with Crippen LogP contribution in [-0.2, 0) is 33.2 Å². The van der Waals surface area contributed by atoms with Crippen molar-refractivity contribution in [2.75, 3.05) is 26.4 Å². The zero-order valence-corrected chi connectivity index (χ0v) is 45.6. The van der Waals surface area contributed by atoms with Crippen LogP contribution >= 0.6 is 0 Å². The summed E-state index contributed by atoms with van der Waals surface area (Å²) in [6.45, 7) is 1.43. The van der Waals surface area contributed by atoms with E-state index in [4.69, 9.17) is 28.4 Å². The number of carbonyl (C=O) groups excluding carboxylic acids is 1. The molecule has 77 heavy (non-hydrogen) atoms. The van der Waals surface area contributed by atoms with Crippen LogP contribution in [0, 0.1) is 0 Å². The van der Waals surface area contributed by atoms with Gasteiger partial charge >= 0.3 is 0 Å². The maximum absolute atomic E-state index is 13.2. The quantitative estimate of drug-likeness (QED) is 0.0305. The molecule has 0 aliphatic carbocycles. The molecule has 0 spiro atoms. The monoisotopic (exact) mass is 1100 g/mol. The molecule has 0 aromatic rings. The summed E-state index contributed by atoms with van der Waals surface area (Å²) < 4.78 is 34.0. The molecule has 0 radical (unpaired) electrons. The molecule has 3 aliphatic rings. The molecule has 12 N–H and O–H groups in total. The van der Waals surface area contributed by atoms with Crippen LogP contribution in [0.4, 0.5) is 0 Å². The number of nitrogens with one attached hydrogen (secondary N) is 1. The van der Waals surface area contributed by atoms with Crippen molar-refractivity contribution in [1.82, 2.24) is 5.32 Å². The molecule has 3 fully saturated rings. The fourth-order valence-electron chi connectivity index (χ4n) is 9.01. The Morgan fingerprint density at radius 1 is 0.481 bits per heavy atom. The summed E-state index contributed by atoms with van der Waals surface area (Å²) in [6.07, 6.45) is 22.2. The Labute approximate surface area is 457 Å². The second-order valence-corrected chi connectivity index (χ2v) is 20.0. The Morgan fingerprint density at radius 3 is 1.40 bits per heavy atom. The normalized spacial score (nSPS) is 31.4. The number of hydrogen-bond acceptors (Lipinski definition) is 18. The highest BCUT2D eigenvalue weighted by Crippen LogP contribution is 2.33. The molecule has 0 aromatic heterocycles. The molecule has 3 saturated heterocycles. The number of ether oxygens (including phenoxy) is 6. The maximum atomic E-state index is 13.2. The van der Waals surface area contributed by atoms with Crippen molar-refractivity contribution in [1.29, 1.82) is 0 Å². The van der Waals surface area contributed by atoms with Gasteiger partial charge in [-0.1, -0.05) is 150 Å². The predicted octanol–water partition coefficient (Wildman–Crippen LogP) is 4.03. The van der Waals surface area contributed by atoms with Gasteiger partial charge in [0.05, 0.1) is 38.6 Å². The third kappa shape index (κ3) is 25.5. The Kier molecular flexibility index (Phi) is 36.4. The summed E-state index contributed by atoms with van der Waals surface area (Å²) in [5, 5.41) is 119. The van der Waals surface area contributed by atoms with Crippen molar-refractivity contribution in [2.45, 2.75) is 247 Å². The summed E-state index contributed by atoms with van der Waals surface area (Å²) in [7, 11) is 0. The fraction of sp³-hybridized carbons (Fsp3) is 0.741. The SMILES string of the molecule is CC/C=C\C/C=C\C/C=C\C/C=C\C/C=C\C/C=C\CCCCCCCCCCC(=O)NC(COC1OC(CO)C(OC2OC(CO)C(OC3OC(CO)C(O)C(O)C3O)C(O)C2O)C(O)C1O)C(O)/C=C/CCCCC. The maximum Gasteiger partial charge on any atom is 0.220 e. The molecule has 0 aromatic carbocycles. The third-order valence-electron chi connectivity index (χ3n) is 13.7. The third-order valence-corrected chi connectivity index (χ3v) is 13.7. The minimum Gasteiger partial charge on any atom is -0.394 e. The summed E-state index contributed by atoms with van der Waals surface area (Å²) in [4.78, 5) is 13.2. The number of amides is 1. The molecule has 3 aliphatic heterocycles. The lowest BCUT2D eigenvalue weighted by molar-refractivity contribution is -0.379. The lowest BCUT2D eigenvalue weighted by atomic mass is 9.96. The average molecular weight is 1100 g/mol. The van der Waals surface area contributed by atoms with Crippen molar-refractivity contribution in [3.63, 3.8) is 0 Å². The summed E-state index contributed by atoms with van der Waals surface area (Å²) in [5.74, 6) is -0.298. The smallest absolute Gasteiger partial charge is 0.220 e. The van der Waals surface area contributed by atoms with E-state index in [1.807, 2.05) is 6.08 Å². The van der Waals surface area contributed by atoms with Gasteiger partial charge in [0.1, 0.15) is 73.2 Å². The van der Waals surface area contributed by atoms with Crippen molar-refractivity contribution >= 4 is 5.91 Å². The number of aliphatic hydroxyl groups is 11. The van der Waals surface area contributed by atoms with Gasteiger partial charge in [0.2, 0.25) is 5.91 Å². The number of carbonyl (C=O) groups is 1. The first-order chi connectivity index (χ1) is 37.3. The Hall–Kier alpha value is -3.03. The zero-order valence-electron chi connectivity index (χ0n) is 45.6. The van der Waals surface area contributed by atoms with Crippen LogP contribution in [0.5, 0.6) is 0 Å². The van der Waals surface area contributed by atoms with E-state index in [1.54, 1.807) is 6.08 Å². The first-order valence-electron chi connectivity index (χ1n) is 28.3. The molecule has 0 saturated carbocycles. The molecule has 17 unspecified atom stereocenters. The van der Waals surface area contributed by atoms with Gasteiger partial charge in [-0.25, -0.2) is 0 Å². The molecule has 3 rings (SSSR count). The number of allylic oxidation sites excluding steroid dienone is 13. The molecule has 19 heteroatoms. The van der Waals surface area contributed by atoms with Crippen LogP contribution in [-0.4, -0.2) is 193 Å². The van der Waals surface area contributed by atoms with Gasteiger partial charge in [-0.2, -0.15) is 0 Å². The molecule has 3 heterocycles. The zero-order chi connectivity index (χ0) is 56.2. The summed E-state index contributed by atoms with van der Waals surface area (Å²) >= 11 is 0. The van der Waals surface area contributed by atoms with Gasteiger partial charge in [-0.15, -0.1) is 0 Å². The topological polar surface area (TPSA) is 307 Å². The van der Waals surface area contributed by atoms with Crippen LogP contribution in [0.2, 0.25) is 0 Å². The number of aliphatic hydroxyl groups excluding tert-OH is 11. The van der Waals surface area contributed by atoms with E-state index in [-0.39, 0.29) is 18.9 Å². The van der Waals surface area contributed by atoms with Crippen molar-refractivity contribution < 1.29 is 89.4 Å². The molecule has 17 atom stereocenters. The second-order valence-electron chi connectivity index (χ2n) is 20.0. The predicted molar refractivity (Wildman–Crippen MR) is 291 cm³/mol. The molecule has 442 valence electrons. The Balaban J connectivity index is 1.39. The van der Waals surface area contributed by atoms with Crippen LogP contribution in [0.1, 0.15) is 142 Å². The van der Waals surface area contributed by atoms with Crippen molar-refractivity contribution in [3.8, 4) is 0 Å². The van der Waals surface area contributed by atoms with E-state index in [1.165, 1.54) is 12.8 Å². The van der Waals surface area contributed by atoms with Crippen molar-refractivity contribution in [3.05, 3.63) is 85.1 Å². The molecule has 19 nitrogen and oxygen atoms in total. The largest absolute Gasteiger partial charge is 0.394 e. The van der Waals surface area contributed by atoms with Crippen molar-refractivity contribution in [2.24, 2.45) is 0 Å². The molecule has 0 bridgehead atoms. The van der Waals surface area contributed by atoms with Gasteiger partial charge in [0.25, 0.3) is 0 Å². The van der Waals surface area contributed by atoms with Crippen LogP contribution in [0.3, 0.4) is 0 Å². The standard InChI is InChI=1S/C58H97NO18/c1-3-5-7-9-10-11-12-13-14-15-16-17-18-19-20-21-22-23-24-25-26-27-28-29-30-32-34-36-46(64)59-41(42(63)35-33-31-8-6-4-2)40-72-56-52(70)49(67)54(44(38-61)74-56)77-58-53(71)50(68)55(45(39-62)75-58)76-57-51(69)48(66)47(65)43(37-60)73-57/h5,7,10-11,13-14,16-17,19-20,22-23,33,35,41-45,47-58,60-63,65-71H,3-4,6,8-9,12,15,18,21,24-32,34,36-40H2,1-2H3,(H,59,64)/b7-5-,11-10-,14-13-,17-16-,20-19-,23-22-,35-33+. The van der Waals surface area contributed by atoms with Gasteiger partial charge in [0, 0.05) is 6.42 Å². The van der Waals surface area contributed by atoms with Crippen LogP contribution in [0.25, 0.3) is 0 Å². The number of hydrogen-bond donors (Lipinski definition) is 12. The van der Waals surface area contributed by atoms with E-state index in [2.05, 4.69) is 92.1 Å². The van der Waals surface area contributed by atoms with E-state index >= 15 is 0 Å². The highest BCUT2D eigenvalue weighted by Gasteiger charge is 2.53. The highest BCUT2D eigenvalue weighted by atomic mass is 16.8. The Morgan fingerprint density at radius 2 is 0.896 bits per heavy atom. The molecular formula is C58H97NO18. The minimum atomic E-state index is -1.98. The Bertz CT molecular complexity index is 1740. The van der Waals surface area contributed by atoms with Gasteiger partial charge in [-0.3, -0.25) is 4.79 Å². The highest BCUT2D eigenvalue weighted by molar-refractivity contribution is 5.76. The second kappa shape index (κ2) is 41.0. The fourth-order valence-corrected chi connectivity index (χ4v) is 9.01. The van der Waals surface area contributed by atoms with E-state index in [0.717, 1.165) is 96.3 Å². The minimum absolute atomic E-state index is 0.226. The van der Waals surface area contributed by atoms with E-state index < -0.39 is 124 Å². The molecule has 1 amide bonds. The van der Waals surface area contributed by atoms with E-state index in [9.17, 15) is 61.0 Å². The van der Waals surface area contributed by atoms with Gasteiger partial charge in [0.15, 0.2) is 18.9 Å². The lowest BCUT2D eigenvalue weighted by Gasteiger charge is -2.48. The molecular weight excluding hydrogens is 999 g/mol. The van der Waals surface area contributed by atoms with Crippen LogP contribution < -0.4 is 5.32 Å². The van der Waals surface area contributed by atoms with Gasteiger partial charge < -0.3 is 89.9 Å². The van der Waals surface area contributed by atoms with E-state index in [0.29, 0.717) is 12.8 Å². The van der Waals surface area contributed by atoms with Crippen LogP contribution in [0.15, 0.2) is 85.1 Å². The average Bonchev–Trinajstić information content (AvgIpc) is 3.42.